The van der Waals surface area contributed by atoms with Gasteiger partial charge >= 0.3 is 6.18 Å². The fraction of sp³-hybridized carbons (Fsp3) is 0.500. The van der Waals surface area contributed by atoms with Gasteiger partial charge in [-0.25, -0.2) is 0 Å². The Balaban J connectivity index is 2.70. The molecule has 1 atom stereocenters. The third-order valence-corrected chi connectivity index (χ3v) is 2.76. The summed E-state index contributed by atoms with van der Waals surface area (Å²) in [5.41, 5.74) is 0.740. The summed E-state index contributed by atoms with van der Waals surface area (Å²) in [7, 11) is 0. The fourth-order valence-corrected chi connectivity index (χ4v) is 1.93. The highest BCUT2D eigenvalue weighted by Gasteiger charge is 2.31. The van der Waals surface area contributed by atoms with E-state index in [1.807, 2.05) is 0 Å². The number of hydrogen-bond acceptors (Lipinski definition) is 1. The summed E-state index contributed by atoms with van der Waals surface area (Å²) in [5, 5.41) is 3.35. The van der Waals surface area contributed by atoms with Crippen molar-refractivity contribution in [1.29, 1.82) is 0 Å². The molecule has 1 aromatic rings. The first-order valence-corrected chi connectivity index (χ1v) is 5.83. The SMILES string of the molecule is CCNC(Cc1ccccc1Cl)CC(F)(F)F. The molecule has 0 amide bonds. The number of nitrogens with one attached hydrogen (secondary N) is 1. The predicted molar refractivity (Wildman–Crippen MR) is 63.3 cm³/mol. The molecular formula is C12H15ClF3N. The molecule has 0 spiro atoms. The normalized spacial score (nSPS) is 13.7. The lowest BCUT2D eigenvalue weighted by atomic mass is 10.0. The molecule has 0 heterocycles. The maximum atomic E-state index is 12.4. The van der Waals surface area contributed by atoms with Crippen molar-refractivity contribution in [2.45, 2.75) is 32.0 Å². The molecule has 0 aromatic heterocycles. The smallest absolute Gasteiger partial charge is 0.314 e. The van der Waals surface area contributed by atoms with Crippen molar-refractivity contribution in [1.82, 2.24) is 5.32 Å². The lowest BCUT2D eigenvalue weighted by Crippen LogP contribution is -2.35. The van der Waals surface area contributed by atoms with Gasteiger partial charge in [0.15, 0.2) is 0 Å². The highest BCUT2D eigenvalue weighted by molar-refractivity contribution is 6.31. The van der Waals surface area contributed by atoms with Crippen LogP contribution in [0.25, 0.3) is 0 Å². The molecule has 0 saturated heterocycles. The van der Waals surface area contributed by atoms with Gasteiger partial charge in [-0.1, -0.05) is 36.7 Å². The van der Waals surface area contributed by atoms with Gasteiger partial charge in [-0.05, 0) is 24.6 Å². The van der Waals surface area contributed by atoms with E-state index in [9.17, 15) is 13.2 Å². The predicted octanol–water partition coefficient (Wildman–Crippen LogP) is 3.81. The van der Waals surface area contributed by atoms with Crippen molar-refractivity contribution in [3.05, 3.63) is 34.9 Å². The second kappa shape index (κ2) is 6.26. The van der Waals surface area contributed by atoms with E-state index in [1.165, 1.54) is 0 Å². The molecule has 0 aliphatic rings. The molecule has 96 valence electrons. The molecule has 1 aromatic carbocycles. The van der Waals surface area contributed by atoms with Crippen molar-refractivity contribution < 1.29 is 13.2 Å². The Morgan fingerprint density at radius 2 is 1.94 bits per heavy atom. The van der Waals surface area contributed by atoms with Crippen LogP contribution in [0.2, 0.25) is 5.02 Å². The van der Waals surface area contributed by atoms with Crippen molar-refractivity contribution in [3.8, 4) is 0 Å². The van der Waals surface area contributed by atoms with Crippen LogP contribution in [0, 0.1) is 0 Å². The Hall–Kier alpha value is -0.740. The molecule has 0 aliphatic carbocycles. The second-order valence-corrected chi connectivity index (χ2v) is 4.28. The fourth-order valence-electron chi connectivity index (χ4n) is 1.71. The lowest BCUT2D eigenvalue weighted by molar-refractivity contribution is -0.139. The Bertz CT molecular complexity index is 352. The highest BCUT2D eigenvalue weighted by Crippen LogP contribution is 2.25. The van der Waals surface area contributed by atoms with Crippen molar-refractivity contribution in [2.24, 2.45) is 0 Å². The van der Waals surface area contributed by atoms with Gasteiger partial charge in [-0.3, -0.25) is 0 Å². The molecule has 0 aliphatic heterocycles. The second-order valence-electron chi connectivity index (χ2n) is 3.87. The Kier molecular flexibility index (Phi) is 5.28. The molecule has 0 fully saturated rings. The number of rotatable bonds is 5. The van der Waals surface area contributed by atoms with Gasteiger partial charge < -0.3 is 5.32 Å². The van der Waals surface area contributed by atoms with Crippen molar-refractivity contribution in [2.75, 3.05) is 6.54 Å². The number of benzene rings is 1. The molecule has 0 bridgehead atoms. The van der Waals surface area contributed by atoms with Gasteiger partial charge in [0, 0.05) is 11.1 Å². The average Bonchev–Trinajstić information content (AvgIpc) is 2.19. The quantitative estimate of drug-likeness (QED) is 0.854. The van der Waals surface area contributed by atoms with E-state index in [4.69, 9.17) is 11.6 Å². The minimum Gasteiger partial charge on any atom is -0.314 e. The van der Waals surface area contributed by atoms with E-state index >= 15 is 0 Å². The zero-order valence-corrected chi connectivity index (χ0v) is 10.3. The van der Waals surface area contributed by atoms with Crippen LogP contribution in [-0.4, -0.2) is 18.8 Å². The zero-order valence-electron chi connectivity index (χ0n) is 9.52. The first-order chi connectivity index (χ1) is 7.92. The van der Waals surface area contributed by atoms with Crippen LogP contribution in [0.4, 0.5) is 13.2 Å². The summed E-state index contributed by atoms with van der Waals surface area (Å²) in [4.78, 5) is 0. The van der Waals surface area contributed by atoms with Gasteiger partial charge in [0.2, 0.25) is 0 Å². The zero-order chi connectivity index (χ0) is 12.9. The molecule has 1 unspecified atom stereocenters. The summed E-state index contributed by atoms with van der Waals surface area (Å²) in [5.74, 6) is 0. The van der Waals surface area contributed by atoms with Crippen LogP contribution in [0.1, 0.15) is 18.9 Å². The van der Waals surface area contributed by atoms with E-state index in [0.717, 1.165) is 5.56 Å². The maximum Gasteiger partial charge on any atom is 0.390 e. The summed E-state index contributed by atoms with van der Waals surface area (Å²) < 4.78 is 37.1. The molecule has 1 rings (SSSR count). The topological polar surface area (TPSA) is 12.0 Å². The molecule has 1 N–H and O–H groups in total. The number of hydrogen-bond donors (Lipinski definition) is 1. The van der Waals surface area contributed by atoms with Crippen LogP contribution in [0.3, 0.4) is 0 Å². The van der Waals surface area contributed by atoms with Gasteiger partial charge in [0.25, 0.3) is 0 Å². The van der Waals surface area contributed by atoms with Gasteiger partial charge in [-0.15, -0.1) is 0 Å². The summed E-state index contributed by atoms with van der Waals surface area (Å²) >= 11 is 5.93. The number of likely N-dealkylation sites (N-methyl/N-ethyl adjacent to an activating group) is 1. The van der Waals surface area contributed by atoms with Crippen LogP contribution < -0.4 is 5.32 Å². The van der Waals surface area contributed by atoms with Crippen LogP contribution >= 0.6 is 11.6 Å². The summed E-state index contributed by atoms with van der Waals surface area (Å²) in [6.07, 6.45) is -4.72. The van der Waals surface area contributed by atoms with Crippen molar-refractivity contribution >= 4 is 11.6 Å². The minimum absolute atomic E-state index is 0.285. The van der Waals surface area contributed by atoms with Gasteiger partial charge in [0.1, 0.15) is 0 Å². The van der Waals surface area contributed by atoms with Crippen molar-refractivity contribution in [3.63, 3.8) is 0 Å². The largest absolute Gasteiger partial charge is 0.390 e. The molecular weight excluding hydrogens is 251 g/mol. The van der Waals surface area contributed by atoms with E-state index in [0.29, 0.717) is 11.6 Å². The highest BCUT2D eigenvalue weighted by atomic mass is 35.5. The summed E-state index contributed by atoms with van der Waals surface area (Å²) in [6.45, 7) is 2.29. The van der Waals surface area contributed by atoms with E-state index in [-0.39, 0.29) is 6.42 Å². The molecule has 1 nitrogen and oxygen atoms in total. The van der Waals surface area contributed by atoms with Gasteiger partial charge in [0.05, 0.1) is 6.42 Å². The standard InChI is InChI=1S/C12H15ClF3N/c1-2-17-10(8-12(14,15)16)7-9-5-3-4-6-11(9)13/h3-6,10,17H,2,7-8H2,1H3. The molecule has 0 saturated carbocycles. The first-order valence-electron chi connectivity index (χ1n) is 5.46. The van der Waals surface area contributed by atoms with Crippen LogP contribution in [-0.2, 0) is 6.42 Å². The van der Waals surface area contributed by atoms with Crippen LogP contribution in [0.5, 0.6) is 0 Å². The van der Waals surface area contributed by atoms with E-state index in [2.05, 4.69) is 5.32 Å². The Morgan fingerprint density at radius 1 is 1.29 bits per heavy atom. The third kappa shape index (κ3) is 5.41. The molecule has 5 heteroatoms. The Labute approximate surface area is 104 Å². The lowest BCUT2D eigenvalue weighted by Gasteiger charge is -2.20. The minimum atomic E-state index is -4.16. The first kappa shape index (κ1) is 14.3. The third-order valence-electron chi connectivity index (χ3n) is 2.39. The monoisotopic (exact) mass is 265 g/mol. The van der Waals surface area contributed by atoms with Gasteiger partial charge in [-0.2, -0.15) is 13.2 Å². The van der Waals surface area contributed by atoms with E-state index in [1.54, 1.807) is 31.2 Å². The number of halogens is 4. The molecule has 0 radical (unpaired) electrons. The number of alkyl halides is 3. The maximum absolute atomic E-state index is 12.4. The van der Waals surface area contributed by atoms with E-state index < -0.39 is 18.6 Å². The average molecular weight is 266 g/mol. The Morgan fingerprint density at radius 3 is 2.47 bits per heavy atom. The summed E-state index contributed by atoms with van der Waals surface area (Å²) in [6, 6.07) is 6.35. The van der Waals surface area contributed by atoms with Crippen LogP contribution in [0.15, 0.2) is 24.3 Å². The molecule has 17 heavy (non-hydrogen) atoms.